The number of ether oxygens (including phenoxy) is 1. The van der Waals surface area contributed by atoms with Crippen molar-refractivity contribution >= 4 is 17.6 Å². The van der Waals surface area contributed by atoms with E-state index < -0.39 is 12.5 Å². The number of fused-ring (bicyclic) bond motifs is 1. The second kappa shape index (κ2) is 10.7. The molecule has 0 amide bonds. The van der Waals surface area contributed by atoms with Crippen LogP contribution in [0.1, 0.15) is 38.6 Å². The second-order valence-corrected chi connectivity index (χ2v) is 9.69. The maximum absolute atomic E-state index is 14.7. The third-order valence-electron chi connectivity index (χ3n) is 5.77. The fourth-order valence-corrected chi connectivity index (χ4v) is 5.20. The van der Waals surface area contributed by atoms with Crippen molar-refractivity contribution in [3.8, 4) is 5.82 Å². The highest BCUT2D eigenvalue weighted by atomic mass is 32.1. The van der Waals surface area contributed by atoms with Gasteiger partial charge in [-0.3, -0.25) is 4.90 Å². The topological polar surface area (TPSA) is 64.8 Å². The number of thiophene rings is 1. The van der Waals surface area contributed by atoms with Gasteiger partial charge in [0, 0.05) is 51.9 Å². The Labute approximate surface area is 202 Å². The molecule has 0 N–H and O–H groups in total. The van der Waals surface area contributed by atoms with Crippen LogP contribution >= 0.6 is 11.3 Å². The van der Waals surface area contributed by atoms with Crippen LogP contribution in [0.15, 0.2) is 35.7 Å². The fourth-order valence-electron chi connectivity index (χ4n) is 4.07. The number of aromatic nitrogens is 3. The molecule has 0 bridgehead atoms. The van der Waals surface area contributed by atoms with Crippen LogP contribution in [0.2, 0.25) is 0 Å². The highest BCUT2D eigenvalue weighted by Crippen LogP contribution is 2.37. The molecule has 0 atom stereocenters. The van der Waals surface area contributed by atoms with Gasteiger partial charge in [0.05, 0.1) is 18.5 Å². The van der Waals surface area contributed by atoms with E-state index in [1.807, 2.05) is 32.2 Å². The van der Waals surface area contributed by atoms with Gasteiger partial charge in [-0.1, -0.05) is 5.16 Å². The molecular formula is C24H29F2N5O2S. The van der Waals surface area contributed by atoms with Crippen molar-refractivity contribution in [1.82, 2.24) is 19.7 Å². The van der Waals surface area contributed by atoms with Crippen LogP contribution in [0.5, 0.6) is 0 Å². The van der Waals surface area contributed by atoms with Gasteiger partial charge in [-0.2, -0.15) is 13.9 Å². The molecule has 1 aliphatic rings. The van der Waals surface area contributed by atoms with Gasteiger partial charge in [0.15, 0.2) is 5.82 Å². The summed E-state index contributed by atoms with van der Waals surface area (Å²) in [7, 11) is 1.49. The molecular weight excluding hydrogens is 460 g/mol. The first-order valence-electron chi connectivity index (χ1n) is 11.2. The molecule has 10 heteroatoms. The molecule has 3 aromatic rings. The predicted molar refractivity (Wildman–Crippen MR) is 128 cm³/mol. The van der Waals surface area contributed by atoms with Crippen molar-refractivity contribution in [3.63, 3.8) is 0 Å². The maximum atomic E-state index is 14.7. The number of alkyl halides is 2. The molecule has 4 rings (SSSR count). The van der Waals surface area contributed by atoms with Crippen molar-refractivity contribution < 1.29 is 18.4 Å². The van der Waals surface area contributed by atoms with Gasteiger partial charge in [-0.25, -0.2) is 9.67 Å². The second-order valence-electron chi connectivity index (χ2n) is 8.35. The van der Waals surface area contributed by atoms with Crippen LogP contribution in [0, 0.1) is 13.8 Å². The number of hydrogen-bond acceptors (Lipinski definition) is 7. The normalized spacial score (nSPS) is 17.4. The molecule has 34 heavy (non-hydrogen) atoms. The van der Waals surface area contributed by atoms with Gasteiger partial charge in [0.2, 0.25) is 0 Å². The number of oxime groups is 1. The van der Waals surface area contributed by atoms with Crippen molar-refractivity contribution in [1.29, 1.82) is 0 Å². The summed E-state index contributed by atoms with van der Waals surface area (Å²) < 4.78 is 36.6. The van der Waals surface area contributed by atoms with Gasteiger partial charge in [-0.15, -0.1) is 11.3 Å². The highest BCUT2D eigenvalue weighted by molar-refractivity contribution is 7.12. The largest absolute Gasteiger partial charge is 0.399 e. The molecule has 7 nitrogen and oxygen atoms in total. The van der Waals surface area contributed by atoms with E-state index in [9.17, 15) is 8.78 Å². The number of aryl methyl sites for hydroxylation is 3. The lowest BCUT2D eigenvalue weighted by Gasteiger charge is -2.22. The number of hydrogen-bond donors (Lipinski definition) is 0. The zero-order chi connectivity index (χ0) is 24.1. The van der Waals surface area contributed by atoms with Gasteiger partial charge in [0.25, 0.3) is 5.92 Å². The monoisotopic (exact) mass is 489 g/mol. The highest BCUT2D eigenvalue weighted by Gasteiger charge is 2.36. The summed E-state index contributed by atoms with van der Waals surface area (Å²) >= 11 is 1.46. The van der Waals surface area contributed by atoms with Crippen molar-refractivity contribution in [2.75, 3.05) is 33.4 Å². The van der Waals surface area contributed by atoms with Crippen LogP contribution in [-0.2, 0) is 28.5 Å². The van der Waals surface area contributed by atoms with Crippen LogP contribution in [-0.4, -0.2) is 59.3 Å². The Hall–Kier alpha value is -2.69. The molecule has 0 saturated carbocycles. The zero-order valence-electron chi connectivity index (χ0n) is 19.6. The average Bonchev–Trinajstić information content (AvgIpc) is 3.37. The standard InChI is InChI=1S/C24H29F2N5O2S/c1-17-12-21-22(34-17)7-5-9-30(10-11-33-16-24(21,25)26)14-20-15-31(29-18(20)2)23-19(13-28-32-3)6-4-8-27-23/h4,6,8,12-13,15H,5,7,9-11,14,16H2,1-3H3/b28-13+. The minimum absolute atomic E-state index is 0.128. The quantitative estimate of drug-likeness (QED) is 0.391. The number of rotatable bonds is 5. The summed E-state index contributed by atoms with van der Waals surface area (Å²) in [5, 5.41) is 8.49. The summed E-state index contributed by atoms with van der Waals surface area (Å²) in [6, 6.07) is 5.33. The van der Waals surface area contributed by atoms with Gasteiger partial charge in [-0.05, 0) is 51.4 Å². The van der Waals surface area contributed by atoms with Crippen molar-refractivity contribution in [2.45, 2.75) is 39.2 Å². The molecule has 0 aliphatic carbocycles. The Morgan fingerprint density at radius 1 is 1.32 bits per heavy atom. The molecule has 3 aromatic heterocycles. The summed E-state index contributed by atoms with van der Waals surface area (Å²) in [5.41, 5.74) is 2.85. The van der Waals surface area contributed by atoms with Gasteiger partial charge < -0.3 is 9.57 Å². The van der Waals surface area contributed by atoms with E-state index in [-0.39, 0.29) is 12.2 Å². The molecule has 0 aromatic carbocycles. The van der Waals surface area contributed by atoms with Crippen LogP contribution in [0.25, 0.3) is 5.82 Å². The van der Waals surface area contributed by atoms with E-state index in [4.69, 9.17) is 9.57 Å². The van der Waals surface area contributed by atoms with E-state index in [1.54, 1.807) is 23.2 Å². The number of nitrogens with zero attached hydrogens (tertiary/aromatic N) is 5. The van der Waals surface area contributed by atoms with Crippen molar-refractivity contribution in [2.24, 2.45) is 5.16 Å². The Kier molecular flexibility index (Phi) is 7.70. The fraction of sp³-hybridized carbons (Fsp3) is 0.458. The zero-order valence-corrected chi connectivity index (χ0v) is 20.4. The summed E-state index contributed by atoms with van der Waals surface area (Å²) in [5.74, 6) is -2.30. The predicted octanol–water partition coefficient (Wildman–Crippen LogP) is 4.48. The van der Waals surface area contributed by atoms with E-state index in [0.717, 1.165) is 39.5 Å². The first-order chi connectivity index (χ1) is 16.4. The summed E-state index contributed by atoms with van der Waals surface area (Å²) in [4.78, 5) is 13.2. The first-order valence-corrected chi connectivity index (χ1v) is 12.0. The third-order valence-corrected chi connectivity index (χ3v) is 6.88. The Morgan fingerprint density at radius 2 is 2.18 bits per heavy atom. The lowest BCUT2D eigenvalue weighted by atomic mass is 10.1. The molecule has 0 saturated heterocycles. The smallest absolute Gasteiger partial charge is 0.297 e. The molecule has 182 valence electrons. The average molecular weight is 490 g/mol. The lowest BCUT2D eigenvalue weighted by molar-refractivity contribution is -0.0848. The number of pyridine rings is 1. The Morgan fingerprint density at radius 3 is 3.00 bits per heavy atom. The minimum atomic E-state index is -2.96. The van der Waals surface area contributed by atoms with Crippen molar-refractivity contribution in [3.05, 3.63) is 62.7 Å². The van der Waals surface area contributed by atoms with Gasteiger partial charge >= 0.3 is 0 Å². The third kappa shape index (κ3) is 5.68. The summed E-state index contributed by atoms with van der Waals surface area (Å²) in [6.07, 6.45) is 6.70. The van der Waals surface area contributed by atoms with E-state index in [2.05, 4.69) is 20.1 Å². The van der Waals surface area contributed by atoms with E-state index in [0.29, 0.717) is 25.3 Å². The molecule has 4 heterocycles. The molecule has 0 radical (unpaired) electrons. The first kappa shape index (κ1) is 24.4. The SMILES string of the molecule is CO/N=C/c1cccnc1-n1cc(CN2CCCc3sc(C)cc3C(F)(F)COCC2)c(C)n1. The molecule has 1 aliphatic heterocycles. The Balaban J connectivity index is 1.50. The molecule has 0 unspecified atom stereocenters. The summed E-state index contributed by atoms with van der Waals surface area (Å²) in [6.45, 7) is 5.50. The van der Waals surface area contributed by atoms with Crippen LogP contribution in [0.4, 0.5) is 8.78 Å². The number of halogens is 2. The maximum Gasteiger partial charge on any atom is 0.297 e. The van der Waals surface area contributed by atoms with Gasteiger partial charge in [0.1, 0.15) is 13.7 Å². The lowest BCUT2D eigenvalue weighted by Crippen LogP contribution is -2.29. The van der Waals surface area contributed by atoms with Crippen LogP contribution < -0.4 is 0 Å². The van der Waals surface area contributed by atoms with E-state index >= 15 is 0 Å². The van der Waals surface area contributed by atoms with E-state index in [1.165, 1.54) is 18.4 Å². The minimum Gasteiger partial charge on any atom is -0.399 e. The molecule has 0 fully saturated rings. The van der Waals surface area contributed by atoms with Crippen LogP contribution in [0.3, 0.4) is 0 Å². The Bertz CT molecular complexity index is 1140. The molecule has 0 spiro atoms.